The van der Waals surface area contributed by atoms with Crippen molar-refractivity contribution in [1.29, 1.82) is 0 Å². The highest BCUT2D eigenvalue weighted by Crippen LogP contribution is 2.35. The van der Waals surface area contributed by atoms with Gasteiger partial charge in [0.05, 0.1) is 15.4 Å². The van der Waals surface area contributed by atoms with Crippen LogP contribution in [-0.2, 0) is 0 Å². The number of rotatable bonds is 4. The van der Waals surface area contributed by atoms with Gasteiger partial charge < -0.3 is 11.1 Å². The number of amides is 1. The Balaban J connectivity index is 3.63. The Labute approximate surface area is 94.5 Å². The second kappa shape index (κ2) is 4.43. The maximum atomic E-state index is 10.9. The van der Waals surface area contributed by atoms with Crippen LogP contribution in [0.25, 0.3) is 0 Å². The average molecular weight is 240 g/mol. The molecule has 3 N–H and O–H groups in total. The summed E-state index contributed by atoms with van der Waals surface area (Å²) in [5, 5.41) is 23.8. The third kappa shape index (κ3) is 2.27. The first-order chi connectivity index (χ1) is 7.88. The van der Waals surface area contributed by atoms with E-state index in [-0.39, 0.29) is 11.3 Å². The van der Waals surface area contributed by atoms with Crippen LogP contribution in [-0.4, -0.2) is 22.8 Å². The van der Waals surface area contributed by atoms with Crippen LogP contribution in [0.4, 0.5) is 17.1 Å². The van der Waals surface area contributed by atoms with Gasteiger partial charge in [0.1, 0.15) is 0 Å². The molecule has 0 aliphatic heterocycles. The van der Waals surface area contributed by atoms with E-state index in [1.807, 2.05) is 0 Å². The van der Waals surface area contributed by atoms with Crippen LogP contribution in [0.3, 0.4) is 0 Å². The molecule has 90 valence electrons. The quantitative estimate of drug-likeness (QED) is 0.584. The first-order valence-electron chi connectivity index (χ1n) is 4.33. The van der Waals surface area contributed by atoms with Gasteiger partial charge in [0, 0.05) is 19.2 Å². The number of anilines is 1. The van der Waals surface area contributed by atoms with Gasteiger partial charge in [0.25, 0.3) is 11.4 Å². The SMILES string of the molecule is CNc1c([N+](=O)[O-])cc(C(N)=O)cc1[N+](=O)[O-]. The summed E-state index contributed by atoms with van der Waals surface area (Å²) < 4.78 is 0. The van der Waals surface area contributed by atoms with Crippen LogP contribution in [0.2, 0.25) is 0 Å². The molecule has 0 bridgehead atoms. The van der Waals surface area contributed by atoms with Crippen molar-refractivity contribution in [3.63, 3.8) is 0 Å². The van der Waals surface area contributed by atoms with Gasteiger partial charge in [-0.2, -0.15) is 0 Å². The highest BCUT2D eigenvalue weighted by Gasteiger charge is 2.26. The fourth-order valence-corrected chi connectivity index (χ4v) is 1.30. The molecule has 9 heteroatoms. The molecule has 0 radical (unpaired) electrons. The molecule has 17 heavy (non-hydrogen) atoms. The van der Waals surface area contributed by atoms with Crippen molar-refractivity contribution in [2.75, 3.05) is 12.4 Å². The Kier molecular flexibility index (Phi) is 3.22. The van der Waals surface area contributed by atoms with E-state index in [4.69, 9.17) is 5.73 Å². The number of nitro groups is 2. The second-order valence-corrected chi connectivity index (χ2v) is 3.02. The molecule has 1 aromatic rings. The van der Waals surface area contributed by atoms with Crippen molar-refractivity contribution in [3.8, 4) is 0 Å². The number of hydrogen-bond donors (Lipinski definition) is 2. The van der Waals surface area contributed by atoms with E-state index in [1.165, 1.54) is 7.05 Å². The van der Waals surface area contributed by atoms with Gasteiger partial charge >= 0.3 is 0 Å². The number of carbonyl (C=O) groups is 1. The van der Waals surface area contributed by atoms with Gasteiger partial charge in [-0.05, 0) is 0 Å². The molecule has 9 nitrogen and oxygen atoms in total. The van der Waals surface area contributed by atoms with E-state index in [2.05, 4.69) is 5.32 Å². The molecule has 0 aliphatic carbocycles. The van der Waals surface area contributed by atoms with Crippen molar-refractivity contribution in [3.05, 3.63) is 37.9 Å². The molecule has 1 rings (SSSR count). The zero-order chi connectivity index (χ0) is 13.2. The summed E-state index contributed by atoms with van der Waals surface area (Å²) in [5.41, 5.74) is 3.23. The van der Waals surface area contributed by atoms with Gasteiger partial charge in [-0.25, -0.2) is 0 Å². The van der Waals surface area contributed by atoms with Gasteiger partial charge in [-0.3, -0.25) is 25.0 Å². The maximum absolute atomic E-state index is 10.9. The van der Waals surface area contributed by atoms with E-state index < -0.39 is 27.1 Å². The van der Waals surface area contributed by atoms with E-state index in [9.17, 15) is 25.0 Å². The largest absolute Gasteiger partial charge is 0.377 e. The summed E-state index contributed by atoms with van der Waals surface area (Å²) in [7, 11) is 1.30. The first kappa shape index (κ1) is 12.4. The Morgan fingerprint density at radius 3 is 1.88 bits per heavy atom. The number of benzene rings is 1. The number of carbonyl (C=O) groups excluding carboxylic acids is 1. The highest BCUT2D eigenvalue weighted by atomic mass is 16.6. The summed E-state index contributed by atoms with van der Waals surface area (Å²) in [6.07, 6.45) is 0. The van der Waals surface area contributed by atoms with Crippen molar-refractivity contribution in [1.82, 2.24) is 0 Å². The third-order valence-corrected chi connectivity index (χ3v) is 2.02. The van der Waals surface area contributed by atoms with Crippen molar-refractivity contribution < 1.29 is 14.6 Å². The van der Waals surface area contributed by atoms with Crippen LogP contribution in [0.1, 0.15) is 10.4 Å². The van der Waals surface area contributed by atoms with Crippen LogP contribution >= 0.6 is 0 Å². The summed E-state index contributed by atoms with van der Waals surface area (Å²) in [4.78, 5) is 30.7. The fourth-order valence-electron chi connectivity index (χ4n) is 1.30. The van der Waals surface area contributed by atoms with Crippen LogP contribution in [0.15, 0.2) is 12.1 Å². The molecule has 1 aromatic carbocycles. The van der Waals surface area contributed by atoms with Gasteiger partial charge in [-0.1, -0.05) is 0 Å². The van der Waals surface area contributed by atoms with Crippen molar-refractivity contribution >= 4 is 23.0 Å². The molecule has 0 aromatic heterocycles. The van der Waals surface area contributed by atoms with Crippen LogP contribution in [0, 0.1) is 20.2 Å². The molecular formula is C8H8N4O5. The summed E-state index contributed by atoms with van der Waals surface area (Å²) in [6.45, 7) is 0. The molecular weight excluding hydrogens is 232 g/mol. The van der Waals surface area contributed by atoms with E-state index in [0.29, 0.717) is 0 Å². The topological polar surface area (TPSA) is 141 Å². The molecule has 0 unspecified atom stereocenters. The van der Waals surface area contributed by atoms with E-state index in [1.54, 1.807) is 0 Å². The monoisotopic (exact) mass is 240 g/mol. The van der Waals surface area contributed by atoms with E-state index >= 15 is 0 Å². The molecule has 0 saturated carbocycles. The van der Waals surface area contributed by atoms with E-state index in [0.717, 1.165) is 12.1 Å². The summed E-state index contributed by atoms with van der Waals surface area (Å²) in [5.74, 6) is -0.973. The summed E-state index contributed by atoms with van der Waals surface area (Å²) in [6, 6.07) is 1.78. The molecule has 0 spiro atoms. The zero-order valence-corrected chi connectivity index (χ0v) is 8.67. The average Bonchev–Trinajstić information content (AvgIpc) is 2.26. The Morgan fingerprint density at radius 1 is 1.24 bits per heavy atom. The lowest BCUT2D eigenvalue weighted by Crippen LogP contribution is -2.13. The molecule has 0 heterocycles. The number of nitrogens with two attached hydrogens (primary N) is 1. The number of nitro benzene ring substituents is 2. The lowest BCUT2D eigenvalue weighted by atomic mass is 10.1. The molecule has 1 amide bonds. The minimum Gasteiger partial charge on any atom is -0.377 e. The third-order valence-electron chi connectivity index (χ3n) is 2.02. The maximum Gasteiger partial charge on any atom is 0.300 e. The standard InChI is InChI=1S/C8H8N4O5/c1-10-7-5(11(14)15)2-4(8(9)13)3-6(7)12(16)17/h2-3,10H,1H3,(H2,9,13). The minimum atomic E-state index is -0.973. The number of nitrogens with one attached hydrogen (secondary N) is 1. The Morgan fingerprint density at radius 2 is 1.65 bits per heavy atom. The highest BCUT2D eigenvalue weighted by molar-refractivity contribution is 5.96. The number of nitrogens with zero attached hydrogens (tertiary/aromatic N) is 2. The molecule has 0 saturated heterocycles. The fraction of sp³-hybridized carbons (Fsp3) is 0.125. The van der Waals surface area contributed by atoms with Crippen molar-refractivity contribution in [2.45, 2.75) is 0 Å². The van der Waals surface area contributed by atoms with Crippen molar-refractivity contribution in [2.24, 2.45) is 5.73 Å². The number of primary amides is 1. The van der Waals surface area contributed by atoms with Crippen LogP contribution in [0.5, 0.6) is 0 Å². The van der Waals surface area contributed by atoms with Gasteiger partial charge in [0.2, 0.25) is 5.91 Å². The predicted molar refractivity (Wildman–Crippen MR) is 57.8 cm³/mol. The molecule has 0 aliphatic rings. The normalized spacial score (nSPS) is 9.71. The van der Waals surface area contributed by atoms with Gasteiger partial charge in [0.15, 0.2) is 5.69 Å². The molecule has 0 fully saturated rings. The van der Waals surface area contributed by atoms with Crippen LogP contribution < -0.4 is 11.1 Å². The number of hydrogen-bond acceptors (Lipinski definition) is 6. The first-order valence-corrected chi connectivity index (χ1v) is 4.33. The predicted octanol–water partition coefficient (Wildman–Crippen LogP) is 0.644. The Hall–Kier alpha value is -2.71. The minimum absolute atomic E-state index is 0.273. The lowest BCUT2D eigenvalue weighted by molar-refractivity contribution is -0.392. The second-order valence-electron chi connectivity index (χ2n) is 3.02. The molecule has 0 atom stereocenters. The zero-order valence-electron chi connectivity index (χ0n) is 8.67. The van der Waals surface area contributed by atoms with Gasteiger partial charge in [-0.15, -0.1) is 0 Å². The smallest absolute Gasteiger partial charge is 0.300 e. The lowest BCUT2D eigenvalue weighted by Gasteiger charge is -2.04. The summed E-state index contributed by atoms with van der Waals surface area (Å²) >= 11 is 0. The Bertz CT molecular complexity index is 478.